The van der Waals surface area contributed by atoms with E-state index in [2.05, 4.69) is 22.7 Å². The van der Waals surface area contributed by atoms with E-state index in [0.29, 0.717) is 12.6 Å². The number of aromatic nitrogens is 2. The van der Waals surface area contributed by atoms with Crippen molar-refractivity contribution in [1.29, 1.82) is 0 Å². The summed E-state index contributed by atoms with van der Waals surface area (Å²) in [5, 5.41) is 10.8. The van der Waals surface area contributed by atoms with Crippen LogP contribution in [0.4, 0.5) is 0 Å². The first-order chi connectivity index (χ1) is 8.56. The van der Waals surface area contributed by atoms with Gasteiger partial charge in [0, 0.05) is 17.8 Å². The van der Waals surface area contributed by atoms with Crippen LogP contribution in [0.2, 0.25) is 0 Å². The predicted octanol–water partition coefficient (Wildman–Crippen LogP) is 0.757. The first-order valence-corrected chi connectivity index (χ1v) is 6.60. The number of carbonyl (C=O) groups excluding carboxylic acids is 1. The Hall–Kier alpha value is -1.36. The van der Waals surface area contributed by atoms with E-state index >= 15 is 0 Å². The molecule has 2 unspecified atom stereocenters. The quantitative estimate of drug-likeness (QED) is 0.832. The molecule has 1 aromatic heterocycles. The lowest BCUT2D eigenvalue weighted by Gasteiger charge is -2.30. The maximum Gasteiger partial charge on any atom is 0.242 e. The lowest BCUT2D eigenvalue weighted by Crippen LogP contribution is -2.52. The molecule has 100 valence electrons. The molecule has 1 aliphatic rings. The van der Waals surface area contributed by atoms with Gasteiger partial charge >= 0.3 is 0 Å². The third kappa shape index (κ3) is 3.10. The average Bonchev–Trinajstić information content (AvgIpc) is 2.61. The van der Waals surface area contributed by atoms with Crippen molar-refractivity contribution in [2.45, 2.75) is 52.2 Å². The van der Waals surface area contributed by atoms with Gasteiger partial charge in [-0.3, -0.25) is 9.48 Å². The van der Waals surface area contributed by atoms with Crippen LogP contribution >= 0.6 is 0 Å². The number of amides is 1. The van der Waals surface area contributed by atoms with Gasteiger partial charge in [-0.15, -0.1) is 0 Å². The van der Waals surface area contributed by atoms with Crippen LogP contribution in [0.1, 0.15) is 31.2 Å². The highest BCUT2D eigenvalue weighted by atomic mass is 16.2. The van der Waals surface area contributed by atoms with Gasteiger partial charge in [0.15, 0.2) is 0 Å². The normalized spacial score (nSPS) is 23.9. The highest BCUT2D eigenvalue weighted by Gasteiger charge is 2.22. The summed E-state index contributed by atoms with van der Waals surface area (Å²) in [6.07, 6.45) is 2.17. The summed E-state index contributed by atoms with van der Waals surface area (Å²) in [5.74, 6) is 0.0433. The highest BCUT2D eigenvalue weighted by Crippen LogP contribution is 2.08. The fourth-order valence-corrected chi connectivity index (χ4v) is 2.46. The summed E-state index contributed by atoms with van der Waals surface area (Å²) < 4.78 is 1.76. The van der Waals surface area contributed by atoms with Crippen LogP contribution < -0.4 is 10.6 Å². The van der Waals surface area contributed by atoms with E-state index in [1.165, 1.54) is 0 Å². The Balaban J connectivity index is 1.90. The van der Waals surface area contributed by atoms with Crippen LogP contribution in [-0.4, -0.2) is 34.3 Å². The van der Waals surface area contributed by atoms with E-state index in [9.17, 15) is 4.79 Å². The molecule has 2 N–H and O–H groups in total. The molecule has 2 atom stereocenters. The van der Waals surface area contributed by atoms with E-state index in [1.54, 1.807) is 4.68 Å². The van der Waals surface area contributed by atoms with Crippen molar-refractivity contribution < 1.29 is 4.79 Å². The maximum absolute atomic E-state index is 12.0. The zero-order chi connectivity index (χ0) is 13.1. The van der Waals surface area contributed by atoms with E-state index in [-0.39, 0.29) is 11.9 Å². The van der Waals surface area contributed by atoms with Crippen LogP contribution in [0.25, 0.3) is 0 Å². The van der Waals surface area contributed by atoms with Gasteiger partial charge in [0.25, 0.3) is 0 Å². The fraction of sp³-hybridized carbons (Fsp3) is 0.692. The molecule has 1 amide bonds. The molecule has 18 heavy (non-hydrogen) atoms. The van der Waals surface area contributed by atoms with Crippen molar-refractivity contribution in [3.05, 3.63) is 17.5 Å². The second-order valence-corrected chi connectivity index (χ2v) is 5.14. The third-order valence-corrected chi connectivity index (χ3v) is 3.50. The smallest absolute Gasteiger partial charge is 0.242 e. The molecule has 2 rings (SSSR count). The minimum absolute atomic E-state index is 0.0433. The Morgan fingerprint density at radius 2 is 2.39 bits per heavy atom. The number of piperidine rings is 1. The zero-order valence-electron chi connectivity index (χ0n) is 11.4. The monoisotopic (exact) mass is 250 g/mol. The molecule has 0 aromatic carbocycles. The van der Waals surface area contributed by atoms with Crippen molar-refractivity contribution in [2.24, 2.45) is 0 Å². The van der Waals surface area contributed by atoms with Gasteiger partial charge < -0.3 is 10.6 Å². The van der Waals surface area contributed by atoms with Gasteiger partial charge in [-0.05, 0) is 46.2 Å². The zero-order valence-corrected chi connectivity index (χ0v) is 11.4. The highest BCUT2D eigenvalue weighted by molar-refractivity contribution is 5.76. The number of carbonyl (C=O) groups is 1. The van der Waals surface area contributed by atoms with Crippen molar-refractivity contribution in [3.8, 4) is 0 Å². The van der Waals surface area contributed by atoms with E-state index in [0.717, 1.165) is 30.8 Å². The Morgan fingerprint density at radius 1 is 1.61 bits per heavy atom. The summed E-state index contributed by atoms with van der Waals surface area (Å²) in [5.41, 5.74) is 1.98. The molecular formula is C13H22N4O. The predicted molar refractivity (Wildman–Crippen MR) is 70.3 cm³/mol. The minimum atomic E-state index is 0.0433. The standard InChI is InChI=1S/C13H22N4O/c1-9-7-10(2)17(16-9)8-13(18)15-12-5-4-6-14-11(12)3/h7,11-12,14H,4-6,8H2,1-3H3,(H,15,18). The summed E-state index contributed by atoms with van der Waals surface area (Å²) in [6, 6.07) is 2.57. The molecule has 1 aliphatic heterocycles. The van der Waals surface area contributed by atoms with Crippen LogP contribution in [0, 0.1) is 13.8 Å². The molecule has 1 saturated heterocycles. The molecule has 0 aliphatic carbocycles. The van der Waals surface area contributed by atoms with Crippen LogP contribution in [0.3, 0.4) is 0 Å². The maximum atomic E-state index is 12.0. The van der Waals surface area contributed by atoms with E-state index < -0.39 is 0 Å². The molecule has 0 spiro atoms. The molecule has 0 bridgehead atoms. The first kappa shape index (κ1) is 13.1. The minimum Gasteiger partial charge on any atom is -0.350 e. The molecule has 0 radical (unpaired) electrons. The Labute approximate surface area is 108 Å². The summed E-state index contributed by atoms with van der Waals surface area (Å²) in [6.45, 7) is 7.38. The molecule has 1 aromatic rings. The second kappa shape index (κ2) is 5.52. The van der Waals surface area contributed by atoms with Gasteiger partial charge in [-0.2, -0.15) is 5.10 Å². The van der Waals surface area contributed by atoms with Gasteiger partial charge in [0.1, 0.15) is 6.54 Å². The number of hydrogen-bond donors (Lipinski definition) is 2. The number of nitrogens with one attached hydrogen (secondary N) is 2. The van der Waals surface area contributed by atoms with E-state index in [4.69, 9.17) is 0 Å². The van der Waals surface area contributed by atoms with Crippen LogP contribution in [-0.2, 0) is 11.3 Å². The lowest BCUT2D eigenvalue weighted by atomic mass is 10.00. The van der Waals surface area contributed by atoms with Gasteiger partial charge in [0.2, 0.25) is 5.91 Å². The second-order valence-electron chi connectivity index (χ2n) is 5.14. The molecule has 5 heteroatoms. The van der Waals surface area contributed by atoms with Gasteiger partial charge in [-0.1, -0.05) is 0 Å². The first-order valence-electron chi connectivity index (χ1n) is 6.60. The van der Waals surface area contributed by atoms with Crippen molar-refractivity contribution in [3.63, 3.8) is 0 Å². The third-order valence-electron chi connectivity index (χ3n) is 3.50. The SMILES string of the molecule is Cc1cc(C)n(CC(=O)NC2CCCNC2C)n1. The Morgan fingerprint density at radius 3 is 3.00 bits per heavy atom. The summed E-state index contributed by atoms with van der Waals surface area (Å²) in [4.78, 5) is 12.0. The molecule has 0 saturated carbocycles. The number of aryl methyl sites for hydroxylation is 2. The van der Waals surface area contributed by atoms with Crippen molar-refractivity contribution in [2.75, 3.05) is 6.54 Å². The number of rotatable bonds is 3. The largest absolute Gasteiger partial charge is 0.350 e. The lowest BCUT2D eigenvalue weighted by molar-refractivity contribution is -0.122. The Bertz CT molecular complexity index is 427. The summed E-state index contributed by atoms with van der Waals surface area (Å²) >= 11 is 0. The molecule has 2 heterocycles. The van der Waals surface area contributed by atoms with Crippen LogP contribution in [0.15, 0.2) is 6.07 Å². The Kier molecular flexibility index (Phi) is 4.01. The van der Waals surface area contributed by atoms with Gasteiger partial charge in [-0.25, -0.2) is 0 Å². The molecule has 1 fully saturated rings. The molecular weight excluding hydrogens is 228 g/mol. The fourth-order valence-electron chi connectivity index (χ4n) is 2.46. The summed E-state index contributed by atoms with van der Waals surface area (Å²) in [7, 11) is 0. The van der Waals surface area contributed by atoms with Crippen molar-refractivity contribution in [1.82, 2.24) is 20.4 Å². The van der Waals surface area contributed by atoms with Crippen molar-refractivity contribution >= 4 is 5.91 Å². The number of nitrogens with zero attached hydrogens (tertiary/aromatic N) is 2. The average molecular weight is 250 g/mol. The van der Waals surface area contributed by atoms with Crippen LogP contribution in [0.5, 0.6) is 0 Å². The van der Waals surface area contributed by atoms with Gasteiger partial charge in [0.05, 0.1) is 5.69 Å². The number of hydrogen-bond acceptors (Lipinski definition) is 3. The topological polar surface area (TPSA) is 59.0 Å². The molecule has 5 nitrogen and oxygen atoms in total. The van der Waals surface area contributed by atoms with E-state index in [1.807, 2.05) is 19.9 Å².